The Morgan fingerprint density at radius 1 is 1.24 bits per heavy atom. The maximum absolute atomic E-state index is 12.3. The summed E-state index contributed by atoms with van der Waals surface area (Å²) in [5.74, 6) is 0.211. The number of halogens is 2. The minimum absolute atomic E-state index is 0. The first kappa shape index (κ1) is 21.5. The molecule has 0 aliphatic carbocycles. The molecule has 1 unspecified atom stereocenters. The molecule has 0 saturated carbocycles. The van der Waals surface area contributed by atoms with Crippen molar-refractivity contribution in [3.63, 3.8) is 0 Å². The highest BCUT2D eigenvalue weighted by Crippen LogP contribution is 2.22. The van der Waals surface area contributed by atoms with Crippen LogP contribution in [0.2, 0.25) is 0 Å². The molecule has 2 aliphatic rings. The van der Waals surface area contributed by atoms with Crippen LogP contribution in [-0.2, 0) is 4.79 Å². The Bertz CT molecular complexity index is 588. The molecule has 1 amide bonds. The summed E-state index contributed by atoms with van der Waals surface area (Å²) in [6.45, 7) is 3.79. The molecule has 0 spiro atoms. The topological polar surface area (TPSA) is 78.7 Å². The number of carbonyl (C=O) groups is 1. The van der Waals surface area contributed by atoms with Gasteiger partial charge in [-0.1, -0.05) is 6.07 Å². The molecule has 2 saturated heterocycles. The largest absolute Gasteiger partial charge is 0.368 e. The van der Waals surface area contributed by atoms with Crippen molar-refractivity contribution in [2.75, 3.05) is 37.6 Å². The molecule has 1 aromatic rings. The van der Waals surface area contributed by atoms with Crippen LogP contribution in [0.5, 0.6) is 0 Å². The molecule has 25 heavy (non-hydrogen) atoms. The number of nitrogens with zero attached hydrogens (tertiary/aromatic N) is 3. The number of non-ortho nitro benzene ring substituents is 1. The number of nitrogens with one attached hydrogen (secondary N) is 1. The van der Waals surface area contributed by atoms with Crippen LogP contribution in [0, 0.1) is 10.1 Å². The minimum Gasteiger partial charge on any atom is -0.368 e. The Hall–Kier alpha value is -1.57. The zero-order valence-electron chi connectivity index (χ0n) is 13.9. The highest BCUT2D eigenvalue weighted by atomic mass is 35.5. The number of nitro benzene ring substituents is 1. The Balaban J connectivity index is 0.00000156. The number of amides is 1. The summed E-state index contributed by atoms with van der Waals surface area (Å²) in [5.41, 5.74) is 0.956. The molecule has 140 valence electrons. The summed E-state index contributed by atoms with van der Waals surface area (Å²) in [6.07, 6.45) is 2.81. The van der Waals surface area contributed by atoms with E-state index in [1.165, 1.54) is 6.07 Å². The number of piperazine rings is 1. The average molecular weight is 391 g/mol. The van der Waals surface area contributed by atoms with Gasteiger partial charge >= 0.3 is 0 Å². The van der Waals surface area contributed by atoms with Crippen molar-refractivity contribution in [2.45, 2.75) is 25.3 Å². The minimum atomic E-state index is -0.377. The third-order valence-corrected chi connectivity index (χ3v) is 4.62. The highest BCUT2D eigenvalue weighted by Gasteiger charge is 2.25. The smallest absolute Gasteiger partial charge is 0.271 e. The normalized spacial score (nSPS) is 19.8. The summed E-state index contributed by atoms with van der Waals surface area (Å²) in [5, 5.41) is 14.2. The number of carbonyl (C=O) groups excluding carboxylic acids is 1. The van der Waals surface area contributed by atoms with Gasteiger partial charge in [0.05, 0.1) is 4.92 Å². The molecule has 2 heterocycles. The molecule has 9 heteroatoms. The molecule has 3 rings (SSSR count). The van der Waals surface area contributed by atoms with Gasteiger partial charge in [-0.25, -0.2) is 0 Å². The van der Waals surface area contributed by atoms with Gasteiger partial charge in [0.25, 0.3) is 5.69 Å². The van der Waals surface area contributed by atoms with Crippen molar-refractivity contribution in [2.24, 2.45) is 0 Å². The van der Waals surface area contributed by atoms with Crippen molar-refractivity contribution < 1.29 is 9.72 Å². The van der Waals surface area contributed by atoms with Crippen LogP contribution in [0.3, 0.4) is 0 Å². The fourth-order valence-corrected chi connectivity index (χ4v) is 3.29. The zero-order valence-corrected chi connectivity index (χ0v) is 15.6. The predicted molar refractivity (Wildman–Crippen MR) is 102 cm³/mol. The molecule has 2 aliphatic heterocycles. The van der Waals surface area contributed by atoms with Gasteiger partial charge in [0, 0.05) is 56.5 Å². The summed E-state index contributed by atoms with van der Waals surface area (Å²) in [4.78, 5) is 26.8. The third kappa shape index (κ3) is 5.45. The molecule has 1 atom stereocenters. The van der Waals surface area contributed by atoms with Gasteiger partial charge in [-0.3, -0.25) is 14.9 Å². The lowest BCUT2D eigenvalue weighted by atomic mass is 10.1. The molecule has 0 aromatic heterocycles. The first-order valence-electron chi connectivity index (χ1n) is 8.14. The molecule has 7 nitrogen and oxygen atoms in total. The van der Waals surface area contributed by atoms with Crippen molar-refractivity contribution >= 4 is 42.1 Å². The number of rotatable bonds is 4. The molecule has 1 N–H and O–H groups in total. The van der Waals surface area contributed by atoms with E-state index in [2.05, 4.69) is 10.2 Å². The Kier molecular flexibility index (Phi) is 8.41. The summed E-state index contributed by atoms with van der Waals surface area (Å²) in [6, 6.07) is 7.01. The van der Waals surface area contributed by atoms with E-state index in [4.69, 9.17) is 0 Å². The van der Waals surface area contributed by atoms with Crippen LogP contribution in [0.4, 0.5) is 11.4 Å². The Labute approximate surface area is 159 Å². The van der Waals surface area contributed by atoms with Crippen molar-refractivity contribution in [1.29, 1.82) is 0 Å². The molecule has 0 bridgehead atoms. The van der Waals surface area contributed by atoms with Gasteiger partial charge in [0.15, 0.2) is 0 Å². The fourth-order valence-electron chi connectivity index (χ4n) is 3.29. The first-order valence-corrected chi connectivity index (χ1v) is 8.14. The van der Waals surface area contributed by atoms with Gasteiger partial charge in [-0.2, -0.15) is 0 Å². The average Bonchev–Trinajstić information content (AvgIpc) is 3.08. The molecular weight excluding hydrogens is 367 g/mol. The predicted octanol–water partition coefficient (Wildman–Crippen LogP) is 2.23. The first-order chi connectivity index (χ1) is 11.1. The van der Waals surface area contributed by atoms with E-state index in [0.29, 0.717) is 38.6 Å². The zero-order chi connectivity index (χ0) is 16.2. The standard InChI is InChI=1S/C16H22N4O3.2ClH/c21-16(11-13-3-2-6-17-13)19-9-7-18(8-10-19)14-4-1-5-15(12-14)20(22)23;;/h1,4-5,12-13,17H,2-3,6-11H2;2*1H. The number of anilines is 1. The van der Waals surface area contributed by atoms with Crippen LogP contribution in [0.15, 0.2) is 24.3 Å². The Morgan fingerprint density at radius 3 is 2.56 bits per heavy atom. The maximum atomic E-state index is 12.3. The Morgan fingerprint density at radius 2 is 1.96 bits per heavy atom. The summed E-state index contributed by atoms with van der Waals surface area (Å²) < 4.78 is 0. The van der Waals surface area contributed by atoms with Gasteiger partial charge in [-0.05, 0) is 25.5 Å². The second-order valence-corrected chi connectivity index (χ2v) is 6.14. The van der Waals surface area contributed by atoms with Crippen LogP contribution < -0.4 is 10.2 Å². The van der Waals surface area contributed by atoms with E-state index in [1.54, 1.807) is 12.1 Å². The van der Waals surface area contributed by atoms with Crippen LogP contribution in [0.25, 0.3) is 0 Å². The fraction of sp³-hybridized carbons (Fsp3) is 0.562. The van der Waals surface area contributed by atoms with E-state index in [-0.39, 0.29) is 41.3 Å². The summed E-state index contributed by atoms with van der Waals surface area (Å²) >= 11 is 0. The van der Waals surface area contributed by atoms with E-state index in [0.717, 1.165) is 25.1 Å². The second kappa shape index (κ2) is 9.79. The molecular formula is C16H24Cl2N4O3. The van der Waals surface area contributed by atoms with Crippen molar-refractivity contribution in [1.82, 2.24) is 10.2 Å². The lowest BCUT2D eigenvalue weighted by Crippen LogP contribution is -2.49. The van der Waals surface area contributed by atoms with Crippen LogP contribution in [-0.4, -0.2) is 54.5 Å². The monoisotopic (exact) mass is 390 g/mol. The lowest BCUT2D eigenvalue weighted by Gasteiger charge is -2.36. The number of nitro groups is 1. The molecule has 0 radical (unpaired) electrons. The quantitative estimate of drug-likeness (QED) is 0.629. The van der Waals surface area contributed by atoms with Gasteiger partial charge in [-0.15, -0.1) is 24.8 Å². The van der Waals surface area contributed by atoms with Gasteiger partial charge in [0.2, 0.25) is 5.91 Å². The van der Waals surface area contributed by atoms with Crippen molar-refractivity contribution in [3.8, 4) is 0 Å². The van der Waals surface area contributed by atoms with E-state index >= 15 is 0 Å². The van der Waals surface area contributed by atoms with E-state index in [9.17, 15) is 14.9 Å². The van der Waals surface area contributed by atoms with Gasteiger partial charge in [0.1, 0.15) is 0 Å². The second-order valence-electron chi connectivity index (χ2n) is 6.14. The SMILES string of the molecule is Cl.Cl.O=C(CC1CCCN1)N1CCN(c2cccc([N+](=O)[O-])c2)CC1. The number of hydrogen-bond donors (Lipinski definition) is 1. The van der Waals surface area contributed by atoms with Gasteiger partial charge < -0.3 is 15.1 Å². The lowest BCUT2D eigenvalue weighted by molar-refractivity contribution is -0.384. The summed E-state index contributed by atoms with van der Waals surface area (Å²) in [7, 11) is 0. The number of hydrogen-bond acceptors (Lipinski definition) is 5. The highest BCUT2D eigenvalue weighted by molar-refractivity contribution is 5.85. The van der Waals surface area contributed by atoms with E-state index < -0.39 is 0 Å². The molecule has 1 aromatic carbocycles. The maximum Gasteiger partial charge on any atom is 0.271 e. The van der Waals surface area contributed by atoms with Crippen molar-refractivity contribution in [3.05, 3.63) is 34.4 Å². The number of benzene rings is 1. The molecule has 2 fully saturated rings. The van der Waals surface area contributed by atoms with Crippen LogP contribution >= 0.6 is 24.8 Å². The van der Waals surface area contributed by atoms with E-state index in [1.807, 2.05) is 11.0 Å². The third-order valence-electron chi connectivity index (χ3n) is 4.62. The van der Waals surface area contributed by atoms with Crippen LogP contribution in [0.1, 0.15) is 19.3 Å².